The van der Waals surface area contributed by atoms with Crippen molar-refractivity contribution in [2.24, 2.45) is 0 Å². The number of carboxylic acids is 1. The van der Waals surface area contributed by atoms with Gasteiger partial charge in [-0.2, -0.15) is 0 Å². The number of carbonyl (C=O) groups excluding carboxylic acids is 1. The van der Waals surface area contributed by atoms with Crippen LogP contribution in [-0.4, -0.2) is 32.4 Å². The van der Waals surface area contributed by atoms with Crippen LogP contribution in [-0.2, 0) is 17.6 Å². The molecular formula is C31H33FN4O3. The molecule has 2 aromatic carbocycles. The molecule has 5 rings (SSSR count). The first kappa shape index (κ1) is 26.4. The smallest absolute Gasteiger partial charge is 0.305 e. The zero-order valence-electron chi connectivity index (χ0n) is 21.8. The molecule has 0 spiro atoms. The van der Waals surface area contributed by atoms with E-state index in [0.717, 1.165) is 30.8 Å². The van der Waals surface area contributed by atoms with Crippen LogP contribution in [0.25, 0.3) is 5.65 Å². The molecule has 4 aromatic rings. The monoisotopic (exact) mass is 528 g/mol. The number of pyridine rings is 1. The Bertz CT molecular complexity index is 1430. The number of aromatic nitrogens is 2. The van der Waals surface area contributed by atoms with Crippen LogP contribution >= 0.6 is 0 Å². The van der Waals surface area contributed by atoms with Crippen LogP contribution in [0.2, 0.25) is 0 Å². The van der Waals surface area contributed by atoms with Crippen molar-refractivity contribution >= 4 is 23.3 Å². The van der Waals surface area contributed by atoms with Crippen LogP contribution in [0.3, 0.4) is 0 Å². The van der Waals surface area contributed by atoms with Crippen molar-refractivity contribution in [3.8, 4) is 0 Å². The van der Waals surface area contributed by atoms with Crippen LogP contribution in [0.1, 0.15) is 71.7 Å². The molecule has 1 aliphatic rings. The predicted octanol–water partition coefficient (Wildman–Crippen LogP) is 5.95. The molecule has 3 N–H and O–H groups in total. The number of halogens is 1. The molecule has 2 aromatic heterocycles. The number of hydrogen-bond acceptors (Lipinski definition) is 4. The number of benzene rings is 2. The maximum absolute atomic E-state index is 13.5. The molecule has 0 bridgehead atoms. The third kappa shape index (κ3) is 6.45. The lowest BCUT2D eigenvalue weighted by Crippen LogP contribution is -2.30. The van der Waals surface area contributed by atoms with Gasteiger partial charge < -0.3 is 15.7 Å². The minimum atomic E-state index is -1.06. The third-order valence-corrected chi connectivity index (χ3v) is 7.36. The maximum atomic E-state index is 13.5. The summed E-state index contributed by atoms with van der Waals surface area (Å²) in [7, 11) is 0. The van der Waals surface area contributed by atoms with Gasteiger partial charge in [-0.25, -0.2) is 9.37 Å². The highest BCUT2D eigenvalue weighted by molar-refractivity contribution is 6.00. The van der Waals surface area contributed by atoms with Gasteiger partial charge >= 0.3 is 5.97 Å². The van der Waals surface area contributed by atoms with Gasteiger partial charge in [-0.1, -0.05) is 61.7 Å². The number of aryl methyl sites for hydroxylation is 2. The maximum Gasteiger partial charge on any atom is 0.305 e. The molecule has 1 amide bonds. The summed E-state index contributed by atoms with van der Waals surface area (Å²) in [5.41, 5.74) is 3.50. The summed E-state index contributed by atoms with van der Waals surface area (Å²) in [6.45, 7) is 0. The normalized spacial score (nSPS) is 14.7. The Labute approximate surface area is 227 Å². The molecule has 1 aliphatic carbocycles. The van der Waals surface area contributed by atoms with E-state index >= 15 is 0 Å². The van der Waals surface area contributed by atoms with Gasteiger partial charge in [0.05, 0.1) is 23.7 Å². The number of carboxylic acid groups (broad SMARTS) is 1. The summed E-state index contributed by atoms with van der Waals surface area (Å²) in [5, 5.41) is 16.0. The summed E-state index contributed by atoms with van der Waals surface area (Å²) in [5.74, 6) is -1.02. The quantitative estimate of drug-likeness (QED) is 0.236. The summed E-state index contributed by atoms with van der Waals surface area (Å²) in [6, 6.07) is 18.8. The highest BCUT2D eigenvalue weighted by Gasteiger charge is 2.24. The van der Waals surface area contributed by atoms with Crippen LogP contribution < -0.4 is 10.6 Å². The average Bonchev–Trinajstić information content (AvgIpc) is 3.30. The fourth-order valence-corrected chi connectivity index (χ4v) is 5.32. The number of fused-ring (bicyclic) bond motifs is 1. The number of carbonyl (C=O) groups is 2. The molecule has 1 atom stereocenters. The molecule has 0 radical (unpaired) electrons. The van der Waals surface area contributed by atoms with Crippen molar-refractivity contribution in [1.82, 2.24) is 14.7 Å². The van der Waals surface area contributed by atoms with Gasteiger partial charge in [-0.3, -0.25) is 14.0 Å². The van der Waals surface area contributed by atoms with Gasteiger partial charge in [0.15, 0.2) is 5.65 Å². The van der Waals surface area contributed by atoms with Crippen molar-refractivity contribution in [1.29, 1.82) is 0 Å². The second-order valence-electron chi connectivity index (χ2n) is 10.2. The summed E-state index contributed by atoms with van der Waals surface area (Å²) < 4.78 is 15.4. The Balaban J connectivity index is 1.47. The number of anilines is 1. The fraction of sp³-hybridized carbons (Fsp3) is 0.323. The zero-order valence-corrected chi connectivity index (χ0v) is 21.8. The van der Waals surface area contributed by atoms with E-state index in [-0.39, 0.29) is 6.42 Å². The lowest BCUT2D eigenvalue weighted by Gasteiger charge is -2.24. The first-order valence-corrected chi connectivity index (χ1v) is 13.6. The highest BCUT2D eigenvalue weighted by atomic mass is 19.1. The Morgan fingerprint density at radius 3 is 2.44 bits per heavy atom. The van der Waals surface area contributed by atoms with Crippen molar-refractivity contribution in [3.63, 3.8) is 0 Å². The zero-order chi connectivity index (χ0) is 27.2. The van der Waals surface area contributed by atoms with Gasteiger partial charge in [0.2, 0.25) is 0 Å². The molecular weight excluding hydrogens is 495 g/mol. The van der Waals surface area contributed by atoms with Crippen molar-refractivity contribution < 1.29 is 19.1 Å². The van der Waals surface area contributed by atoms with E-state index in [1.54, 1.807) is 12.1 Å². The van der Waals surface area contributed by atoms with Crippen molar-refractivity contribution in [2.45, 2.75) is 63.5 Å². The van der Waals surface area contributed by atoms with E-state index in [4.69, 9.17) is 4.98 Å². The SMILES string of the molecule is O=C(O)CC(NC(=O)c1cccn2c(NC3CCCCC3)c(CCc3ccccc3)nc12)c1ccc(F)cc1. The van der Waals surface area contributed by atoms with Crippen LogP contribution in [0, 0.1) is 5.82 Å². The van der Waals surface area contributed by atoms with E-state index < -0.39 is 23.7 Å². The molecule has 2 heterocycles. The molecule has 39 heavy (non-hydrogen) atoms. The molecule has 1 fully saturated rings. The van der Waals surface area contributed by atoms with E-state index in [1.807, 2.05) is 28.8 Å². The highest BCUT2D eigenvalue weighted by Crippen LogP contribution is 2.28. The molecule has 202 valence electrons. The number of aliphatic carboxylic acids is 1. The largest absolute Gasteiger partial charge is 0.481 e. The lowest BCUT2D eigenvalue weighted by molar-refractivity contribution is -0.137. The number of nitrogens with zero attached hydrogens (tertiary/aromatic N) is 2. The Morgan fingerprint density at radius 1 is 0.974 bits per heavy atom. The topological polar surface area (TPSA) is 95.7 Å². The van der Waals surface area contributed by atoms with Gasteiger partial charge in [-0.15, -0.1) is 0 Å². The minimum absolute atomic E-state index is 0.328. The van der Waals surface area contributed by atoms with Gasteiger partial charge in [-0.05, 0) is 61.1 Å². The summed E-state index contributed by atoms with van der Waals surface area (Å²) in [4.78, 5) is 30.0. The Kier molecular flexibility index (Phi) is 8.20. The van der Waals surface area contributed by atoms with E-state index in [2.05, 4.69) is 22.8 Å². The van der Waals surface area contributed by atoms with E-state index in [1.165, 1.54) is 49.1 Å². The summed E-state index contributed by atoms with van der Waals surface area (Å²) >= 11 is 0. The predicted molar refractivity (Wildman–Crippen MR) is 148 cm³/mol. The molecule has 1 unspecified atom stereocenters. The Hall–Kier alpha value is -4.20. The first-order chi connectivity index (χ1) is 19.0. The van der Waals surface area contributed by atoms with Crippen molar-refractivity contribution in [3.05, 3.63) is 101 Å². The average molecular weight is 529 g/mol. The van der Waals surface area contributed by atoms with Crippen LogP contribution in [0.15, 0.2) is 72.9 Å². The molecule has 0 saturated heterocycles. The van der Waals surface area contributed by atoms with E-state index in [9.17, 15) is 19.1 Å². The molecule has 0 aliphatic heterocycles. The molecule has 8 heteroatoms. The number of imidazole rings is 1. The second kappa shape index (κ2) is 12.1. The Morgan fingerprint density at radius 2 is 1.72 bits per heavy atom. The number of nitrogens with one attached hydrogen (secondary N) is 2. The molecule has 1 saturated carbocycles. The van der Waals surface area contributed by atoms with Crippen LogP contribution in [0.5, 0.6) is 0 Å². The van der Waals surface area contributed by atoms with Gasteiger partial charge in [0.25, 0.3) is 5.91 Å². The third-order valence-electron chi connectivity index (χ3n) is 7.36. The van der Waals surface area contributed by atoms with Gasteiger partial charge in [0, 0.05) is 12.2 Å². The first-order valence-electron chi connectivity index (χ1n) is 13.6. The van der Waals surface area contributed by atoms with E-state index in [0.29, 0.717) is 29.2 Å². The fourth-order valence-electron chi connectivity index (χ4n) is 5.32. The summed E-state index contributed by atoms with van der Waals surface area (Å²) in [6.07, 6.45) is 8.93. The standard InChI is InChI=1S/C31H33FN4O3/c32-23-16-14-22(15-17-23)27(20-28(37)38)35-31(39)25-12-7-19-36-29(25)34-26(18-13-21-8-3-1-4-9-21)30(36)33-24-10-5-2-6-11-24/h1,3-4,7-9,12,14-17,19,24,27,33H,2,5-6,10-11,13,18,20H2,(H,35,39)(H,37,38). The second-order valence-corrected chi connectivity index (χ2v) is 10.2. The lowest BCUT2D eigenvalue weighted by atomic mass is 9.95. The number of amides is 1. The molecule has 7 nitrogen and oxygen atoms in total. The van der Waals surface area contributed by atoms with Gasteiger partial charge in [0.1, 0.15) is 11.6 Å². The van der Waals surface area contributed by atoms with Crippen LogP contribution in [0.4, 0.5) is 10.2 Å². The van der Waals surface area contributed by atoms with Crippen molar-refractivity contribution in [2.75, 3.05) is 5.32 Å². The number of rotatable bonds is 10. The number of hydrogen-bond donors (Lipinski definition) is 3. The minimum Gasteiger partial charge on any atom is -0.481 e.